The SMILES string of the molecule is C=C(C)C(=O)OCOCc1ccccc1. The first-order valence-corrected chi connectivity index (χ1v) is 4.64. The number of carbonyl (C=O) groups excluding carboxylic acids is 1. The lowest BCUT2D eigenvalue weighted by Crippen LogP contribution is -2.08. The van der Waals surface area contributed by atoms with Crippen molar-refractivity contribution in [1.82, 2.24) is 0 Å². The molecule has 0 unspecified atom stereocenters. The average molecular weight is 206 g/mol. The Labute approximate surface area is 89.3 Å². The van der Waals surface area contributed by atoms with Crippen molar-refractivity contribution < 1.29 is 14.3 Å². The zero-order chi connectivity index (χ0) is 11.1. The molecule has 0 radical (unpaired) electrons. The molecule has 0 aliphatic carbocycles. The van der Waals surface area contributed by atoms with Crippen LogP contribution in [0.2, 0.25) is 0 Å². The fourth-order valence-corrected chi connectivity index (χ4v) is 0.952. The topological polar surface area (TPSA) is 35.5 Å². The Balaban J connectivity index is 2.18. The number of ether oxygens (including phenoxy) is 2. The van der Waals surface area contributed by atoms with Gasteiger partial charge in [-0.25, -0.2) is 4.79 Å². The normalized spacial score (nSPS) is 9.67. The first kappa shape index (κ1) is 11.5. The Morgan fingerprint density at radius 2 is 2.00 bits per heavy atom. The van der Waals surface area contributed by atoms with Crippen LogP contribution >= 0.6 is 0 Å². The minimum absolute atomic E-state index is 0.0411. The molecule has 3 heteroatoms. The second kappa shape index (κ2) is 5.98. The number of rotatable bonds is 5. The van der Waals surface area contributed by atoms with Crippen molar-refractivity contribution in [3.63, 3.8) is 0 Å². The monoisotopic (exact) mass is 206 g/mol. The molecule has 1 rings (SSSR count). The van der Waals surface area contributed by atoms with E-state index in [0.717, 1.165) is 5.56 Å². The molecule has 3 nitrogen and oxygen atoms in total. The third-order valence-corrected chi connectivity index (χ3v) is 1.73. The van der Waals surface area contributed by atoms with Gasteiger partial charge in [0.25, 0.3) is 0 Å². The molecule has 0 bridgehead atoms. The van der Waals surface area contributed by atoms with Gasteiger partial charge in [-0.3, -0.25) is 0 Å². The summed E-state index contributed by atoms with van der Waals surface area (Å²) in [5.41, 5.74) is 1.42. The van der Waals surface area contributed by atoms with Gasteiger partial charge in [-0.05, 0) is 12.5 Å². The van der Waals surface area contributed by atoms with Crippen LogP contribution in [0.5, 0.6) is 0 Å². The van der Waals surface area contributed by atoms with Crippen molar-refractivity contribution >= 4 is 5.97 Å². The van der Waals surface area contributed by atoms with Gasteiger partial charge in [-0.2, -0.15) is 0 Å². The standard InChI is InChI=1S/C12H14O3/c1-10(2)12(13)15-9-14-8-11-6-4-3-5-7-11/h3-7H,1,8-9H2,2H3. The van der Waals surface area contributed by atoms with E-state index in [-0.39, 0.29) is 6.79 Å². The summed E-state index contributed by atoms with van der Waals surface area (Å²) >= 11 is 0. The Morgan fingerprint density at radius 1 is 1.33 bits per heavy atom. The van der Waals surface area contributed by atoms with Crippen LogP contribution in [0.1, 0.15) is 12.5 Å². The van der Waals surface area contributed by atoms with Crippen molar-refractivity contribution in [2.24, 2.45) is 0 Å². The molecule has 0 aromatic heterocycles. The fourth-order valence-electron chi connectivity index (χ4n) is 0.952. The van der Waals surface area contributed by atoms with Crippen molar-refractivity contribution in [3.05, 3.63) is 48.0 Å². The van der Waals surface area contributed by atoms with Crippen LogP contribution in [0, 0.1) is 0 Å². The van der Waals surface area contributed by atoms with Crippen molar-refractivity contribution in [2.75, 3.05) is 6.79 Å². The van der Waals surface area contributed by atoms with Crippen LogP contribution in [0.3, 0.4) is 0 Å². The molecule has 15 heavy (non-hydrogen) atoms. The summed E-state index contributed by atoms with van der Waals surface area (Å²) in [6.07, 6.45) is 0. The Morgan fingerprint density at radius 3 is 2.60 bits per heavy atom. The van der Waals surface area contributed by atoms with Crippen molar-refractivity contribution in [3.8, 4) is 0 Å². The molecule has 0 heterocycles. The minimum atomic E-state index is -0.428. The lowest BCUT2D eigenvalue weighted by Gasteiger charge is -2.05. The van der Waals surface area contributed by atoms with Crippen LogP contribution in [-0.4, -0.2) is 12.8 Å². The highest BCUT2D eigenvalue weighted by molar-refractivity contribution is 5.86. The number of hydrogen-bond acceptors (Lipinski definition) is 3. The quantitative estimate of drug-likeness (QED) is 0.321. The zero-order valence-electron chi connectivity index (χ0n) is 8.73. The van der Waals surface area contributed by atoms with Crippen molar-refractivity contribution in [2.45, 2.75) is 13.5 Å². The number of carbonyl (C=O) groups is 1. The first-order chi connectivity index (χ1) is 7.20. The second-order valence-electron chi connectivity index (χ2n) is 3.16. The maximum atomic E-state index is 11.0. The molecule has 0 amide bonds. The summed E-state index contributed by atoms with van der Waals surface area (Å²) in [5, 5.41) is 0. The van der Waals surface area contributed by atoms with Crippen LogP contribution in [0.25, 0.3) is 0 Å². The Kier molecular flexibility index (Phi) is 4.57. The fraction of sp³-hybridized carbons (Fsp3) is 0.250. The van der Waals surface area contributed by atoms with E-state index in [9.17, 15) is 4.79 Å². The third-order valence-electron chi connectivity index (χ3n) is 1.73. The van der Waals surface area contributed by atoms with E-state index in [4.69, 9.17) is 9.47 Å². The van der Waals surface area contributed by atoms with E-state index in [1.807, 2.05) is 30.3 Å². The van der Waals surface area contributed by atoms with Gasteiger partial charge in [0.2, 0.25) is 0 Å². The van der Waals surface area contributed by atoms with E-state index in [2.05, 4.69) is 6.58 Å². The average Bonchev–Trinajstić information content (AvgIpc) is 2.25. The predicted molar refractivity (Wildman–Crippen MR) is 57.0 cm³/mol. The summed E-state index contributed by atoms with van der Waals surface area (Å²) in [7, 11) is 0. The van der Waals surface area contributed by atoms with Crippen LogP contribution in [0.15, 0.2) is 42.5 Å². The molecular weight excluding hydrogens is 192 g/mol. The Hall–Kier alpha value is -1.61. The maximum Gasteiger partial charge on any atom is 0.335 e. The van der Waals surface area contributed by atoms with Gasteiger partial charge in [0, 0.05) is 5.57 Å². The minimum Gasteiger partial charge on any atom is -0.435 e. The molecule has 80 valence electrons. The smallest absolute Gasteiger partial charge is 0.335 e. The van der Waals surface area contributed by atoms with Crippen molar-refractivity contribution in [1.29, 1.82) is 0 Å². The Bertz CT molecular complexity index is 330. The van der Waals surface area contributed by atoms with E-state index >= 15 is 0 Å². The summed E-state index contributed by atoms with van der Waals surface area (Å²) < 4.78 is 9.92. The third kappa shape index (κ3) is 4.42. The van der Waals surface area contributed by atoms with Crippen LogP contribution in [0.4, 0.5) is 0 Å². The van der Waals surface area contributed by atoms with E-state index < -0.39 is 5.97 Å². The largest absolute Gasteiger partial charge is 0.435 e. The van der Waals surface area contributed by atoms with E-state index in [1.54, 1.807) is 6.92 Å². The van der Waals surface area contributed by atoms with Gasteiger partial charge in [0.05, 0.1) is 6.61 Å². The van der Waals surface area contributed by atoms with Gasteiger partial charge in [-0.1, -0.05) is 36.9 Å². The van der Waals surface area contributed by atoms with Gasteiger partial charge < -0.3 is 9.47 Å². The van der Waals surface area contributed by atoms with E-state index in [1.165, 1.54) is 0 Å². The van der Waals surface area contributed by atoms with Gasteiger partial charge in [0.15, 0.2) is 6.79 Å². The molecule has 1 aromatic carbocycles. The zero-order valence-corrected chi connectivity index (χ0v) is 8.73. The molecule has 0 N–H and O–H groups in total. The highest BCUT2D eigenvalue weighted by Gasteiger charge is 2.01. The summed E-state index contributed by atoms with van der Waals surface area (Å²) in [4.78, 5) is 11.0. The molecule has 0 aliphatic rings. The second-order valence-corrected chi connectivity index (χ2v) is 3.16. The molecular formula is C12H14O3. The molecule has 0 atom stereocenters. The molecule has 0 saturated heterocycles. The highest BCUT2D eigenvalue weighted by Crippen LogP contribution is 2.00. The number of hydrogen-bond donors (Lipinski definition) is 0. The molecule has 1 aromatic rings. The molecule has 0 spiro atoms. The lowest BCUT2D eigenvalue weighted by atomic mass is 10.2. The summed E-state index contributed by atoms with van der Waals surface area (Å²) in [6, 6.07) is 9.68. The van der Waals surface area contributed by atoms with E-state index in [0.29, 0.717) is 12.2 Å². The number of esters is 1. The molecule has 0 fully saturated rings. The molecule has 0 aliphatic heterocycles. The number of benzene rings is 1. The summed E-state index contributed by atoms with van der Waals surface area (Å²) in [6.45, 7) is 5.45. The highest BCUT2D eigenvalue weighted by atomic mass is 16.7. The van der Waals surface area contributed by atoms with Gasteiger partial charge in [-0.15, -0.1) is 0 Å². The lowest BCUT2D eigenvalue weighted by molar-refractivity contribution is -0.152. The van der Waals surface area contributed by atoms with Crippen LogP contribution < -0.4 is 0 Å². The summed E-state index contributed by atoms with van der Waals surface area (Å²) in [5.74, 6) is -0.428. The first-order valence-electron chi connectivity index (χ1n) is 4.64. The maximum absolute atomic E-state index is 11.0. The van der Waals surface area contributed by atoms with Gasteiger partial charge >= 0.3 is 5.97 Å². The predicted octanol–water partition coefficient (Wildman–Crippen LogP) is 2.28. The van der Waals surface area contributed by atoms with Gasteiger partial charge in [0.1, 0.15) is 0 Å². The van der Waals surface area contributed by atoms with Crippen LogP contribution in [-0.2, 0) is 20.9 Å². The molecule has 0 saturated carbocycles.